The Balaban J connectivity index is 1.74. The van der Waals surface area contributed by atoms with E-state index in [1.807, 2.05) is 0 Å². The number of unbranched alkanes of at least 4 members (excludes halogenated alkanes) is 16. The molecule has 0 aromatic carbocycles. The van der Waals surface area contributed by atoms with Gasteiger partial charge in [0.2, 0.25) is 0 Å². The molecule has 0 unspecified atom stereocenters. The molecule has 4 rings (SSSR count). The first kappa shape index (κ1) is 37.1. The summed E-state index contributed by atoms with van der Waals surface area (Å²) in [6.45, 7) is 4.69. The number of thioether (sulfide) groups is 6. The van der Waals surface area contributed by atoms with Gasteiger partial charge in [-0.05, 0) is 38.5 Å². The predicted molar refractivity (Wildman–Crippen MR) is 200 cm³/mol. The lowest BCUT2D eigenvalue weighted by Crippen LogP contribution is -2.53. The van der Waals surface area contributed by atoms with Crippen LogP contribution in [0.4, 0.5) is 0 Å². The van der Waals surface area contributed by atoms with E-state index in [-0.39, 0.29) is 0 Å². The minimum atomic E-state index is 0.361. The molecule has 4 heterocycles. The zero-order valence-electron chi connectivity index (χ0n) is 25.6. The van der Waals surface area contributed by atoms with E-state index < -0.39 is 0 Å². The maximum atomic E-state index is 5.96. The van der Waals surface area contributed by atoms with Gasteiger partial charge in [0.25, 0.3) is 0 Å². The summed E-state index contributed by atoms with van der Waals surface area (Å²) < 4.78 is 1.46. The van der Waals surface area contributed by atoms with Crippen molar-refractivity contribution in [3.8, 4) is 0 Å². The fraction of sp³-hybridized carbons (Fsp3) is 1.00. The van der Waals surface area contributed by atoms with Crippen LogP contribution in [0.1, 0.15) is 168 Å². The molecule has 4 saturated heterocycles. The molecule has 236 valence electrons. The molecule has 0 atom stereocenters. The summed E-state index contributed by atoms with van der Waals surface area (Å²) in [5.74, 6) is 1.65. The molecule has 0 aromatic rings. The van der Waals surface area contributed by atoms with Crippen molar-refractivity contribution >= 4 is 93.8 Å². The highest BCUT2D eigenvalue weighted by Crippen LogP contribution is 2.91. The van der Waals surface area contributed by atoms with E-state index >= 15 is 0 Å². The predicted octanol–water partition coefficient (Wildman–Crippen LogP) is 14.9. The Bertz CT molecular complexity index is 612. The number of hydrogen-bond donors (Lipinski definition) is 0. The maximum Gasteiger partial charge on any atom is 0.113 e. The third-order valence-corrected chi connectivity index (χ3v) is 21.0. The molecule has 0 nitrogen and oxygen atoms in total. The second kappa shape index (κ2) is 20.0. The second-order valence-corrected chi connectivity index (χ2v) is 25.5. The van der Waals surface area contributed by atoms with Gasteiger partial charge in [-0.2, -0.15) is 0 Å². The van der Waals surface area contributed by atoms with Gasteiger partial charge in [0.05, 0.1) is 0 Å². The standard InChI is InChI=1S/C32H58Cl2S6/c1-3-5-7-11-17-23-29-35-30(24-18-12-8-6-4-2)38-31(36-29,25-19-13-9-15-21-27-33)40-32(37-29,39-30)26-20-14-10-16-22-28-34/h3-28H2,1-2H3. The molecule has 0 N–H and O–H groups in total. The molecule has 0 spiro atoms. The van der Waals surface area contributed by atoms with Gasteiger partial charge < -0.3 is 0 Å². The van der Waals surface area contributed by atoms with Crippen LogP contribution in [0.2, 0.25) is 0 Å². The molecular weight excluding hydrogens is 648 g/mol. The van der Waals surface area contributed by atoms with E-state index in [9.17, 15) is 0 Å². The fourth-order valence-electron chi connectivity index (χ4n) is 6.11. The molecule has 8 heteroatoms. The Kier molecular flexibility index (Phi) is 18.6. The molecule has 4 bridgehead atoms. The summed E-state index contributed by atoms with van der Waals surface area (Å²) in [6, 6.07) is 0. The molecule has 0 amide bonds. The van der Waals surface area contributed by atoms with Crippen LogP contribution >= 0.6 is 93.8 Å². The van der Waals surface area contributed by atoms with Crippen LogP contribution in [0.25, 0.3) is 0 Å². The summed E-state index contributed by atoms with van der Waals surface area (Å²) in [7, 11) is 0. The first-order valence-electron chi connectivity index (χ1n) is 16.8. The molecule has 40 heavy (non-hydrogen) atoms. The Morgan fingerprint density at radius 2 is 0.550 bits per heavy atom. The number of alkyl halides is 2. The van der Waals surface area contributed by atoms with E-state index in [4.69, 9.17) is 23.2 Å². The van der Waals surface area contributed by atoms with Crippen LogP contribution in [0, 0.1) is 0 Å². The first-order valence-corrected chi connectivity index (χ1v) is 22.8. The zero-order valence-corrected chi connectivity index (χ0v) is 32.0. The minimum absolute atomic E-state index is 0.361. The van der Waals surface area contributed by atoms with E-state index in [1.165, 1.54) is 154 Å². The molecule has 0 aliphatic carbocycles. The van der Waals surface area contributed by atoms with Crippen molar-refractivity contribution in [2.24, 2.45) is 0 Å². The van der Waals surface area contributed by atoms with Crippen molar-refractivity contribution in [1.82, 2.24) is 0 Å². The van der Waals surface area contributed by atoms with Crippen molar-refractivity contribution in [2.45, 2.75) is 182 Å². The Morgan fingerprint density at radius 3 is 0.800 bits per heavy atom. The average molecular weight is 706 g/mol. The topological polar surface area (TPSA) is 0 Å². The van der Waals surface area contributed by atoms with Crippen LogP contribution in [-0.2, 0) is 0 Å². The highest BCUT2D eigenvalue weighted by atomic mass is 35.5. The summed E-state index contributed by atoms with van der Waals surface area (Å²) in [5, 5.41) is 0. The van der Waals surface area contributed by atoms with Crippen molar-refractivity contribution in [3.63, 3.8) is 0 Å². The second-order valence-electron chi connectivity index (χ2n) is 12.1. The van der Waals surface area contributed by atoms with Crippen LogP contribution in [-0.4, -0.2) is 25.4 Å². The van der Waals surface area contributed by atoms with E-state index in [0.29, 0.717) is 13.6 Å². The minimum Gasteiger partial charge on any atom is -0.127 e. The summed E-state index contributed by atoms with van der Waals surface area (Å²) >= 11 is 26.5. The van der Waals surface area contributed by atoms with E-state index in [2.05, 4.69) is 84.4 Å². The monoisotopic (exact) mass is 704 g/mol. The molecule has 4 aliphatic rings. The van der Waals surface area contributed by atoms with Crippen molar-refractivity contribution in [1.29, 1.82) is 0 Å². The van der Waals surface area contributed by atoms with Gasteiger partial charge in [-0.1, -0.05) is 129 Å². The fourth-order valence-corrected chi connectivity index (χ4v) is 28.3. The third kappa shape index (κ3) is 12.1. The van der Waals surface area contributed by atoms with Gasteiger partial charge in [0.15, 0.2) is 0 Å². The Hall–Kier alpha value is 2.68. The molecule has 4 fully saturated rings. The lowest BCUT2D eigenvalue weighted by atomic mass is 10.1. The van der Waals surface area contributed by atoms with Crippen LogP contribution < -0.4 is 0 Å². The van der Waals surface area contributed by atoms with Gasteiger partial charge in [0, 0.05) is 11.8 Å². The van der Waals surface area contributed by atoms with Crippen molar-refractivity contribution in [3.05, 3.63) is 0 Å². The molecule has 0 saturated carbocycles. The van der Waals surface area contributed by atoms with Gasteiger partial charge in [-0.15, -0.1) is 93.8 Å². The summed E-state index contributed by atoms with van der Waals surface area (Å²) in [4.78, 5) is 0. The maximum absolute atomic E-state index is 5.96. The third-order valence-electron chi connectivity index (χ3n) is 8.27. The number of rotatable bonds is 26. The molecule has 0 aromatic heterocycles. The largest absolute Gasteiger partial charge is 0.127 e. The number of hydrogen-bond acceptors (Lipinski definition) is 6. The molecule has 0 radical (unpaired) electrons. The SMILES string of the molecule is CCCCCCCC12SC3(CCCCCCC)SC(CCCCCCCCl)(S1)SC(CCCCCCCCl)(S2)S3. The first-order chi connectivity index (χ1) is 19.5. The van der Waals surface area contributed by atoms with Crippen LogP contribution in [0.3, 0.4) is 0 Å². The van der Waals surface area contributed by atoms with Crippen molar-refractivity contribution < 1.29 is 0 Å². The molecule has 4 aliphatic heterocycles. The normalized spacial score (nSPS) is 30.9. The lowest BCUT2D eigenvalue weighted by Gasteiger charge is -2.67. The van der Waals surface area contributed by atoms with Gasteiger partial charge in [0.1, 0.15) is 13.6 Å². The van der Waals surface area contributed by atoms with Gasteiger partial charge in [-0.25, -0.2) is 0 Å². The van der Waals surface area contributed by atoms with E-state index in [0.717, 1.165) is 11.8 Å². The summed E-state index contributed by atoms with van der Waals surface area (Å²) in [5.41, 5.74) is 0. The highest BCUT2D eigenvalue weighted by molar-refractivity contribution is 8.64. The summed E-state index contributed by atoms with van der Waals surface area (Å²) in [6.07, 6.45) is 32.9. The number of halogens is 2. The lowest BCUT2D eigenvalue weighted by molar-refractivity contribution is 0.594. The van der Waals surface area contributed by atoms with Gasteiger partial charge in [-0.3, -0.25) is 0 Å². The van der Waals surface area contributed by atoms with Crippen LogP contribution in [0.5, 0.6) is 0 Å². The zero-order chi connectivity index (χ0) is 28.6. The highest BCUT2D eigenvalue weighted by Gasteiger charge is 2.71. The average Bonchev–Trinajstić information content (AvgIpc) is 2.91. The van der Waals surface area contributed by atoms with Crippen molar-refractivity contribution in [2.75, 3.05) is 11.8 Å². The smallest absolute Gasteiger partial charge is 0.113 e. The Morgan fingerprint density at radius 1 is 0.325 bits per heavy atom. The quantitative estimate of drug-likeness (QED) is 0.0644. The molecular formula is C32H58Cl2S6. The van der Waals surface area contributed by atoms with Crippen LogP contribution in [0.15, 0.2) is 0 Å². The van der Waals surface area contributed by atoms with E-state index in [1.54, 1.807) is 0 Å². The Labute approximate surface area is 284 Å². The van der Waals surface area contributed by atoms with Gasteiger partial charge >= 0.3 is 0 Å².